The van der Waals surface area contributed by atoms with E-state index in [0.717, 1.165) is 0 Å². The first-order valence-electron chi connectivity index (χ1n) is 9.25. The summed E-state index contributed by atoms with van der Waals surface area (Å²) in [6.07, 6.45) is 0.384. The first-order valence-corrected chi connectivity index (χ1v) is 9.25. The van der Waals surface area contributed by atoms with Crippen LogP contribution in [-0.2, 0) is 9.59 Å². The second-order valence-corrected chi connectivity index (χ2v) is 6.82. The molecule has 2 aromatic heterocycles. The van der Waals surface area contributed by atoms with Crippen LogP contribution in [0.4, 0.5) is 17.5 Å². The van der Waals surface area contributed by atoms with Crippen LogP contribution in [0.15, 0.2) is 35.3 Å². The third-order valence-electron chi connectivity index (χ3n) is 4.46. The Morgan fingerprint density at radius 3 is 2.34 bits per heavy atom. The van der Waals surface area contributed by atoms with Crippen LogP contribution in [0.25, 0.3) is 11.2 Å². The van der Waals surface area contributed by atoms with Crippen LogP contribution in [-0.4, -0.2) is 61.1 Å². The van der Waals surface area contributed by atoms with E-state index in [1.54, 1.807) is 24.1 Å². The number of hydrogen-bond acceptors (Lipinski definition) is 9. The van der Waals surface area contributed by atoms with Crippen molar-refractivity contribution >= 4 is 46.5 Å². The second-order valence-electron chi connectivity index (χ2n) is 6.82. The van der Waals surface area contributed by atoms with Gasteiger partial charge in [0.15, 0.2) is 17.0 Å². The van der Waals surface area contributed by atoms with Gasteiger partial charge < -0.3 is 26.2 Å². The van der Waals surface area contributed by atoms with Gasteiger partial charge in [-0.3, -0.25) is 24.2 Å². The molecule has 0 saturated heterocycles. The minimum atomic E-state index is -1.22. The Labute approximate surface area is 179 Å². The van der Waals surface area contributed by atoms with Crippen LogP contribution in [0, 0.1) is 0 Å². The van der Waals surface area contributed by atoms with Gasteiger partial charge in [0, 0.05) is 18.3 Å². The predicted molar refractivity (Wildman–Crippen MR) is 113 cm³/mol. The summed E-state index contributed by atoms with van der Waals surface area (Å²) in [5, 5.41) is 20.2. The number of rotatable bonds is 8. The molecule has 0 saturated carbocycles. The average molecular weight is 441 g/mol. The fraction of sp³-hybridized carbons (Fsp3) is 0.211. The molecule has 32 heavy (non-hydrogen) atoms. The smallest absolute Gasteiger partial charge is 0.305 e. The zero-order valence-corrected chi connectivity index (χ0v) is 16.8. The minimum absolute atomic E-state index is 0.0162. The van der Waals surface area contributed by atoms with E-state index in [2.05, 4.69) is 25.3 Å². The molecule has 0 aliphatic heterocycles. The molecule has 0 aliphatic carbocycles. The van der Waals surface area contributed by atoms with Gasteiger partial charge in [0.05, 0.1) is 25.1 Å². The van der Waals surface area contributed by atoms with Gasteiger partial charge in [-0.05, 0) is 24.3 Å². The number of H-pyrrole nitrogens is 1. The van der Waals surface area contributed by atoms with Crippen molar-refractivity contribution in [1.29, 1.82) is 0 Å². The fourth-order valence-corrected chi connectivity index (χ4v) is 2.92. The summed E-state index contributed by atoms with van der Waals surface area (Å²) in [7, 11) is 1.68. The molecular weight excluding hydrogens is 422 g/mol. The average Bonchev–Trinajstić information content (AvgIpc) is 2.72. The number of aromatic nitrogens is 4. The molecule has 0 spiro atoms. The molecular formula is C19H19N7O6. The lowest BCUT2D eigenvalue weighted by atomic mass is 10.1. The number of nitrogen functional groups attached to an aromatic ring is 1. The number of carbonyl (C=O) groups is 3. The number of nitrogens with two attached hydrogens (primary N) is 1. The van der Waals surface area contributed by atoms with Crippen LogP contribution in [0.1, 0.15) is 23.2 Å². The number of nitrogens with zero attached hydrogens (tertiary/aromatic N) is 4. The van der Waals surface area contributed by atoms with Gasteiger partial charge in [0.25, 0.3) is 11.5 Å². The number of nitrogens with one attached hydrogen (secondary N) is 2. The summed E-state index contributed by atoms with van der Waals surface area (Å²) < 4.78 is 0. The Bertz CT molecular complexity index is 1230. The number of aromatic amines is 1. The Kier molecular flexibility index (Phi) is 6.28. The molecule has 0 fully saturated rings. The lowest BCUT2D eigenvalue weighted by Crippen LogP contribution is -2.38. The van der Waals surface area contributed by atoms with E-state index >= 15 is 0 Å². The highest BCUT2D eigenvalue weighted by Crippen LogP contribution is 2.22. The van der Waals surface area contributed by atoms with Crippen molar-refractivity contribution in [1.82, 2.24) is 25.3 Å². The Hall–Kier alpha value is -4.55. The summed E-state index contributed by atoms with van der Waals surface area (Å²) in [4.78, 5) is 62.5. The molecule has 0 aliphatic rings. The third kappa shape index (κ3) is 5.13. The summed E-state index contributed by atoms with van der Waals surface area (Å²) >= 11 is 0. The van der Waals surface area contributed by atoms with Crippen molar-refractivity contribution < 1.29 is 24.6 Å². The van der Waals surface area contributed by atoms with Gasteiger partial charge >= 0.3 is 11.9 Å². The quantitative estimate of drug-likeness (QED) is 0.317. The van der Waals surface area contributed by atoms with Crippen molar-refractivity contribution in [2.45, 2.75) is 18.9 Å². The molecule has 0 radical (unpaired) electrons. The topological polar surface area (TPSA) is 204 Å². The lowest BCUT2D eigenvalue weighted by molar-refractivity contribution is -0.139. The number of hydrogen-bond donors (Lipinski definition) is 5. The van der Waals surface area contributed by atoms with E-state index in [-0.39, 0.29) is 22.7 Å². The van der Waals surface area contributed by atoms with Crippen molar-refractivity contribution in [3.8, 4) is 0 Å². The largest absolute Gasteiger partial charge is 0.481 e. The molecule has 2 heterocycles. The number of benzene rings is 1. The second kappa shape index (κ2) is 9.07. The molecule has 0 bridgehead atoms. The van der Waals surface area contributed by atoms with E-state index in [4.69, 9.17) is 15.9 Å². The highest BCUT2D eigenvalue weighted by atomic mass is 16.4. The molecule has 1 amide bonds. The van der Waals surface area contributed by atoms with E-state index in [9.17, 15) is 19.2 Å². The number of carboxylic acids is 2. The fourth-order valence-electron chi connectivity index (χ4n) is 2.92. The number of fused-ring (bicyclic) bond motifs is 1. The van der Waals surface area contributed by atoms with Gasteiger partial charge in [-0.2, -0.15) is 4.98 Å². The summed E-state index contributed by atoms with van der Waals surface area (Å²) in [5.41, 5.74) is 5.91. The first kappa shape index (κ1) is 22.1. The zero-order valence-electron chi connectivity index (χ0n) is 16.8. The van der Waals surface area contributed by atoms with Crippen LogP contribution >= 0.6 is 0 Å². The van der Waals surface area contributed by atoms with E-state index in [1.165, 1.54) is 18.3 Å². The first-order chi connectivity index (χ1) is 15.1. The molecule has 3 rings (SSSR count). The molecule has 0 unspecified atom stereocenters. The van der Waals surface area contributed by atoms with Crippen LogP contribution < -0.4 is 21.5 Å². The van der Waals surface area contributed by atoms with Crippen molar-refractivity contribution in [2.75, 3.05) is 17.7 Å². The van der Waals surface area contributed by atoms with Crippen LogP contribution in [0.5, 0.6) is 0 Å². The number of carboxylic acid groups (broad SMARTS) is 2. The highest BCUT2D eigenvalue weighted by molar-refractivity contribution is 5.95. The Morgan fingerprint density at radius 2 is 1.75 bits per heavy atom. The van der Waals surface area contributed by atoms with Crippen LogP contribution in [0.3, 0.4) is 0 Å². The molecule has 3 aromatic rings. The van der Waals surface area contributed by atoms with Gasteiger partial charge in [-0.15, -0.1) is 0 Å². The number of anilines is 3. The van der Waals surface area contributed by atoms with Gasteiger partial charge in [-0.25, -0.2) is 9.97 Å². The SMILES string of the molecule is CN(c1ccc(C(=O)NC(CC(=O)O)CC(=O)O)cc1)c1cnc2nc(N)[nH]c(=O)c2n1. The molecule has 166 valence electrons. The maximum absolute atomic E-state index is 12.4. The molecule has 0 atom stereocenters. The molecule has 13 heteroatoms. The number of amides is 1. The summed E-state index contributed by atoms with van der Waals surface area (Å²) in [5.74, 6) is -2.77. The lowest BCUT2D eigenvalue weighted by Gasteiger charge is -2.19. The van der Waals surface area contributed by atoms with Crippen molar-refractivity contribution in [3.05, 3.63) is 46.4 Å². The predicted octanol–water partition coefficient (Wildman–Crippen LogP) is 0.111. The molecule has 13 nitrogen and oxygen atoms in total. The maximum atomic E-state index is 12.4. The van der Waals surface area contributed by atoms with Gasteiger partial charge in [0.2, 0.25) is 5.95 Å². The summed E-state index contributed by atoms with van der Waals surface area (Å²) in [6.45, 7) is 0. The van der Waals surface area contributed by atoms with Gasteiger partial charge in [0.1, 0.15) is 0 Å². The normalized spacial score (nSPS) is 10.8. The highest BCUT2D eigenvalue weighted by Gasteiger charge is 2.20. The zero-order chi connectivity index (χ0) is 23.4. The third-order valence-corrected chi connectivity index (χ3v) is 4.46. The Morgan fingerprint density at radius 1 is 1.12 bits per heavy atom. The Balaban J connectivity index is 1.78. The van der Waals surface area contributed by atoms with Gasteiger partial charge in [-0.1, -0.05) is 0 Å². The number of carbonyl (C=O) groups excluding carboxylic acids is 1. The van der Waals surface area contributed by atoms with E-state index in [1.807, 2.05) is 0 Å². The van der Waals surface area contributed by atoms with Crippen molar-refractivity contribution in [3.63, 3.8) is 0 Å². The maximum Gasteiger partial charge on any atom is 0.305 e. The van der Waals surface area contributed by atoms with E-state index < -0.39 is 42.3 Å². The standard InChI is InChI=1S/C19H19N7O6/c1-26(12-8-21-16-15(23-12)18(32)25-19(20)24-16)11-4-2-9(3-5-11)17(31)22-10(6-13(27)28)7-14(29)30/h2-5,8,10H,6-7H2,1H3,(H,22,31)(H,27,28)(H,29,30)(H3,20,21,24,25,32). The van der Waals surface area contributed by atoms with Crippen LogP contribution in [0.2, 0.25) is 0 Å². The minimum Gasteiger partial charge on any atom is -0.481 e. The summed E-state index contributed by atoms with van der Waals surface area (Å²) in [6, 6.07) is 5.14. The molecule has 6 N–H and O–H groups in total. The van der Waals surface area contributed by atoms with E-state index in [0.29, 0.717) is 11.5 Å². The molecule has 1 aromatic carbocycles. The monoisotopic (exact) mass is 441 g/mol. The van der Waals surface area contributed by atoms with Crippen molar-refractivity contribution in [2.24, 2.45) is 0 Å². The number of aliphatic carboxylic acids is 2.